The third kappa shape index (κ3) is 2.87. The maximum Gasteiger partial charge on any atom is 0.0605 e. The molecule has 0 amide bonds. The van der Waals surface area contributed by atoms with Crippen LogP contribution in [-0.4, -0.2) is 31.1 Å². The van der Waals surface area contributed by atoms with E-state index in [1.807, 2.05) is 0 Å². The van der Waals surface area contributed by atoms with Gasteiger partial charge in [-0.15, -0.1) is 0 Å². The lowest BCUT2D eigenvalue weighted by Gasteiger charge is -2.41. The first-order valence-corrected chi connectivity index (χ1v) is 7.71. The van der Waals surface area contributed by atoms with Gasteiger partial charge in [-0.1, -0.05) is 54.1 Å². The van der Waals surface area contributed by atoms with E-state index in [1.165, 1.54) is 22.3 Å². The summed E-state index contributed by atoms with van der Waals surface area (Å²) in [7, 11) is 2.25. The Kier molecular flexibility index (Phi) is 4.09. The fourth-order valence-electron chi connectivity index (χ4n) is 3.17. The van der Waals surface area contributed by atoms with Crippen molar-refractivity contribution >= 4 is 0 Å². The smallest absolute Gasteiger partial charge is 0.0605 e. The average molecular weight is 280 g/mol. The summed E-state index contributed by atoms with van der Waals surface area (Å²) in [5.74, 6) is 0. The summed E-state index contributed by atoms with van der Waals surface area (Å²) in [6, 6.07) is 18.6. The molecule has 3 rings (SSSR count). The molecule has 1 atom stereocenters. The molecule has 110 valence electrons. The normalized spacial score (nSPS) is 16.8. The molecule has 2 aromatic carbocycles. The van der Waals surface area contributed by atoms with Gasteiger partial charge in [0.1, 0.15) is 0 Å². The Hall–Kier alpha value is -1.64. The first-order chi connectivity index (χ1) is 10.2. The Balaban J connectivity index is 2.02. The fourth-order valence-corrected chi connectivity index (χ4v) is 3.17. The zero-order valence-corrected chi connectivity index (χ0v) is 13.1. The Labute approximate surface area is 127 Å². The molecule has 0 aliphatic carbocycles. The van der Waals surface area contributed by atoms with Gasteiger partial charge < -0.3 is 5.32 Å². The zero-order valence-electron chi connectivity index (χ0n) is 13.1. The van der Waals surface area contributed by atoms with Crippen LogP contribution < -0.4 is 5.32 Å². The highest BCUT2D eigenvalue weighted by Gasteiger charge is 2.29. The molecule has 2 aromatic rings. The average Bonchev–Trinajstić information content (AvgIpc) is 2.41. The van der Waals surface area contributed by atoms with Gasteiger partial charge in [0.15, 0.2) is 0 Å². The van der Waals surface area contributed by atoms with Gasteiger partial charge in [-0.05, 0) is 37.6 Å². The molecule has 21 heavy (non-hydrogen) atoms. The van der Waals surface area contributed by atoms with Gasteiger partial charge in [0.2, 0.25) is 0 Å². The van der Waals surface area contributed by atoms with Crippen molar-refractivity contribution in [2.24, 2.45) is 0 Å². The van der Waals surface area contributed by atoms with Crippen molar-refractivity contribution in [1.29, 1.82) is 0 Å². The topological polar surface area (TPSA) is 15.3 Å². The van der Waals surface area contributed by atoms with Crippen LogP contribution in [0.2, 0.25) is 0 Å². The van der Waals surface area contributed by atoms with E-state index in [-0.39, 0.29) is 0 Å². The van der Waals surface area contributed by atoms with Crippen LogP contribution in [-0.2, 0) is 0 Å². The van der Waals surface area contributed by atoms with Gasteiger partial charge in [0, 0.05) is 19.1 Å². The van der Waals surface area contributed by atoms with Crippen molar-refractivity contribution in [3.63, 3.8) is 0 Å². The second-order valence-electron chi connectivity index (χ2n) is 6.15. The van der Waals surface area contributed by atoms with Crippen LogP contribution in [0.5, 0.6) is 0 Å². The number of benzene rings is 2. The zero-order chi connectivity index (χ0) is 14.8. The van der Waals surface area contributed by atoms with E-state index in [1.54, 1.807) is 0 Å². The lowest BCUT2D eigenvalue weighted by atomic mass is 9.91. The number of aryl methyl sites for hydroxylation is 2. The van der Waals surface area contributed by atoms with Crippen LogP contribution in [0, 0.1) is 13.8 Å². The molecule has 1 heterocycles. The molecular weight excluding hydrogens is 256 g/mol. The first-order valence-electron chi connectivity index (χ1n) is 7.71. The molecule has 1 fully saturated rings. The van der Waals surface area contributed by atoms with Crippen molar-refractivity contribution < 1.29 is 0 Å². The van der Waals surface area contributed by atoms with Crippen LogP contribution in [0.15, 0.2) is 48.5 Å². The van der Waals surface area contributed by atoms with Gasteiger partial charge >= 0.3 is 0 Å². The fraction of sp³-hybridized carbons (Fsp3) is 0.368. The van der Waals surface area contributed by atoms with Gasteiger partial charge in [0.25, 0.3) is 0 Å². The van der Waals surface area contributed by atoms with Crippen LogP contribution in [0.25, 0.3) is 0 Å². The summed E-state index contributed by atoms with van der Waals surface area (Å²) in [5.41, 5.74) is 5.50. The van der Waals surface area contributed by atoms with E-state index < -0.39 is 0 Å². The highest BCUT2D eigenvalue weighted by molar-refractivity contribution is 5.39. The minimum atomic E-state index is 0.332. The first kappa shape index (κ1) is 14.3. The minimum Gasteiger partial charge on any atom is -0.314 e. The van der Waals surface area contributed by atoms with Crippen molar-refractivity contribution in [3.05, 3.63) is 70.8 Å². The Morgan fingerprint density at radius 3 is 2.33 bits per heavy atom. The molecule has 1 saturated heterocycles. The van der Waals surface area contributed by atoms with E-state index in [0.29, 0.717) is 12.1 Å². The molecule has 0 radical (unpaired) electrons. The summed E-state index contributed by atoms with van der Waals surface area (Å²) in [6.45, 7) is 6.56. The molecule has 1 unspecified atom stereocenters. The highest BCUT2D eigenvalue weighted by atomic mass is 15.2. The van der Waals surface area contributed by atoms with Crippen molar-refractivity contribution in [2.75, 3.05) is 20.1 Å². The third-order valence-electron chi connectivity index (χ3n) is 4.58. The SMILES string of the molecule is Cc1ccc(C(c2ccccc2)N(C)C2CNC2)c(C)c1. The molecule has 0 spiro atoms. The molecule has 1 aliphatic heterocycles. The molecule has 2 nitrogen and oxygen atoms in total. The second-order valence-corrected chi connectivity index (χ2v) is 6.15. The van der Waals surface area contributed by atoms with Crippen LogP contribution in [0.1, 0.15) is 28.3 Å². The van der Waals surface area contributed by atoms with E-state index >= 15 is 0 Å². The minimum absolute atomic E-state index is 0.332. The molecule has 2 heteroatoms. The van der Waals surface area contributed by atoms with E-state index in [4.69, 9.17) is 0 Å². The number of nitrogens with one attached hydrogen (secondary N) is 1. The number of hydrogen-bond acceptors (Lipinski definition) is 2. The van der Waals surface area contributed by atoms with Crippen molar-refractivity contribution in [1.82, 2.24) is 10.2 Å². The monoisotopic (exact) mass is 280 g/mol. The van der Waals surface area contributed by atoms with Gasteiger partial charge in [-0.2, -0.15) is 0 Å². The predicted octanol–water partition coefficient (Wildman–Crippen LogP) is 3.30. The lowest BCUT2D eigenvalue weighted by Crippen LogP contribution is -2.56. The Morgan fingerprint density at radius 1 is 1.05 bits per heavy atom. The number of rotatable bonds is 4. The lowest BCUT2D eigenvalue weighted by molar-refractivity contribution is 0.146. The summed E-state index contributed by atoms with van der Waals surface area (Å²) in [6.07, 6.45) is 0. The molecule has 0 saturated carbocycles. The van der Waals surface area contributed by atoms with Gasteiger partial charge in [0.05, 0.1) is 6.04 Å². The summed E-state index contributed by atoms with van der Waals surface area (Å²) in [5, 5.41) is 3.38. The van der Waals surface area contributed by atoms with E-state index in [2.05, 4.69) is 79.6 Å². The highest BCUT2D eigenvalue weighted by Crippen LogP contribution is 2.32. The molecular formula is C19H24N2. The molecule has 1 N–H and O–H groups in total. The summed E-state index contributed by atoms with van der Waals surface area (Å²) < 4.78 is 0. The van der Waals surface area contributed by atoms with Gasteiger partial charge in [-0.3, -0.25) is 4.90 Å². The maximum atomic E-state index is 3.38. The molecule has 0 bridgehead atoms. The van der Waals surface area contributed by atoms with E-state index in [9.17, 15) is 0 Å². The van der Waals surface area contributed by atoms with Crippen molar-refractivity contribution in [2.45, 2.75) is 25.9 Å². The quantitative estimate of drug-likeness (QED) is 0.924. The Bertz CT molecular complexity index is 602. The van der Waals surface area contributed by atoms with Gasteiger partial charge in [-0.25, -0.2) is 0 Å². The summed E-state index contributed by atoms with van der Waals surface area (Å²) in [4.78, 5) is 2.52. The summed E-state index contributed by atoms with van der Waals surface area (Å²) >= 11 is 0. The Morgan fingerprint density at radius 2 is 1.76 bits per heavy atom. The number of hydrogen-bond donors (Lipinski definition) is 1. The second kappa shape index (κ2) is 6.00. The maximum absolute atomic E-state index is 3.38. The van der Waals surface area contributed by atoms with Crippen LogP contribution in [0.3, 0.4) is 0 Å². The molecule has 1 aliphatic rings. The predicted molar refractivity (Wildman–Crippen MR) is 88.6 cm³/mol. The largest absolute Gasteiger partial charge is 0.314 e. The third-order valence-corrected chi connectivity index (χ3v) is 4.58. The van der Waals surface area contributed by atoms with E-state index in [0.717, 1.165) is 13.1 Å². The standard InChI is InChI=1S/C19H24N2/c1-14-9-10-18(15(2)11-14)19(16-7-5-4-6-8-16)21(3)17-12-20-13-17/h4-11,17,19-20H,12-13H2,1-3H3. The van der Waals surface area contributed by atoms with Crippen molar-refractivity contribution in [3.8, 4) is 0 Å². The van der Waals surface area contributed by atoms with Crippen LogP contribution in [0.4, 0.5) is 0 Å². The number of likely N-dealkylation sites (N-methyl/N-ethyl adjacent to an activating group) is 1. The molecule has 0 aromatic heterocycles. The number of nitrogens with zero attached hydrogens (tertiary/aromatic N) is 1. The van der Waals surface area contributed by atoms with Crippen LogP contribution >= 0.6 is 0 Å².